The molecule has 0 spiro atoms. The molecule has 17 heavy (non-hydrogen) atoms. The average molecular weight is 234 g/mol. The maximum atomic E-state index is 11.2. The van der Waals surface area contributed by atoms with E-state index < -0.39 is 0 Å². The minimum Gasteiger partial charge on any atom is -0.393 e. The molecule has 2 fully saturated rings. The molecule has 2 heteroatoms. The minimum absolute atomic E-state index is 0.106. The molecule has 0 unspecified atom stereocenters. The fourth-order valence-electron chi connectivity index (χ4n) is 5.21. The Labute approximate surface area is 103 Å². The van der Waals surface area contributed by atoms with Crippen molar-refractivity contribution in [3.8, 4) is 0 Å². The van der Waals surface area contributed by atoms with Gasteiger partial charge in [0.15, 0.2) is 0 Å². The number of rotatable bonds is 1. The first-order valence-electron chi connectivity index (χ1n) is 6.72. The zero-order valence-corrected chi connectivity index (χ0v) is 11.0. The second-order valence-corrected chi connectivity index (χ2v) is 7.01. The van der Waals surface area contributed by atoms with Gasteiger partial charge in [-0.25, -0.2) is 0 Å². The van der Waals surface area contributed by atoms with Crippen LogP contribution in [-0.4, -0.2) is 17.5 Å². The van der Waals surface area contributed by atoms with Crippen LogP contribution in [0.25, 0.3) is 0 Å². The second kappa shape index (κ2) is 3.03. The van der Waals surface area contributed by atoms with Crippen LogP contribution in [0.1, 0.15) is 46.5 Å². The second-order valence-electron chi connectivity index (χ2n) is 7.01. The molecule has 0 aliphatic heterocycles. The van der Waals surface area contributed by atoms with Crippen LogP contribution in [0.4, 0.5) is 0 Å². The summed E-state index contributed by atoms with van der Waals surface area (Å²) in [5.41, 5.74) is 1.27. The third-order valence-corrected chi connectivity index (χ3v) is 6.84. The van der Waals surface area contributed by atoms with Crippen LogP contribution >= 0.6 is 0 Å². The van der Waals surface area contributed by atoms with Crippen molar-refractivity contribution < 1.29 is 9.90 Å². The van der Waals surface area contributed by atoms with Crippen LogP contribution < -0.4 is 0 Å². The van der Waals surface area contributed by atoms with E-state index in [0.717, 1.165) is 37.5 Å². The predicted molar refractivity (Wildman–Crippen MR) is 66.4 cm³/mol. The largest absolute Gasteiger partial charge is 0.393 e. The van der Waals surface area contributed by atoms with Gasteiger partial charge < -0.3 is 5.11 Å². The molecule has 2 nitrogen and oxygen atoms in total. The van der Waals surface area contributed by atoms with E-state index in [1.54, 1.807) is 0 Å². The van der Waals surface area contributed by atoms with Gasteiger partial charge in [-0.05, 0) is 48.0 Å². The molecule has 0 amide bonds. The van der Waals surface area contributed by atoms with Gasteiger partial charge in [-0.3, -0.25) is 4.79 Å². The Morgan fingerprint density at radius 1 is 1.41 bits per heavy atom. The molecule has 1 N–H and O–H groups in total. The lowest BCUT2D eigenvalue weighted by Gasteiger charge is -2.46. The fourth-order valence-corrected chi connectivity index (χ4v) is 5.21. The molecule has 0 saturated heterocycles. The Balaban J connectivity index is 2.19. The number of carbonyl (C=O) groups excluding carboxylic acids is 1. The van der Waals surface area contributed by atoms with Gasteiger partial charge in [0.2, 0.25) is 0 Å². The summed E-state index contributed by atoms with van der Waals surface area (Å²) in [7, 11) is 0. The van der Waals surface area contributed by atoms with Gasteiger partial charge in [0.05, 0.1) is 6.10 Å². The van der Waals surface area contributed by atoms with E-state index in [1.165, 1.54) is 0 Å². The zero-order chi connectivity index (χ0) is 12.5. The van der Waals surface area contributed by atoms with Crippen molar-refractivity contribution in [2.75, 3.05) is 0 Å². The molecule has 3 rings (SSSR count). The molecule has 3 aliphatic rings. The van der Waals surface area contributed by atoms with Crippen molar-refractivity contribution in [2.45, 2.75) is 52.6 Å². The summed E-state index contributed by atoms with van der Waals surface area (Å²) >= 11 is 0. The van der Waals surface area contributed by atoms with Gasteiger partial charge in [0.1, 0.15) is 6.29 Å². The van der Waals surface area contributed by atoms with Crippen molar-refractivity contribution in [1.82, 2.24) is 0 Å². The molecule has 2 bridgehead atoms. The summed E-state index contributed by atoms with van der Waals surface area (Å²) in [6, 6.07) is 0. The molecule has 5 atom stereocenters. The van der Waals surface area contributed by atoms with Gasteiger partial charge in [0.25, 0.3) is 0 Å². The number of hydrogen-bond donors (Lipinski definition) is 1. The number of carbonyl (C=O) groups is 1. The number of fused-ring (bicyclic) bond motifs is 5. The van der Waals surface area contributed by atoms with E-state index in [9.17, 15) is 9.90 Å². The van der Waals surface area contributed by atoms with Crippen LogP contribution in [0.15, 0.2) is 11.6 Å². The van der Waals surface area contributed by atoms with Gasteiger partial charge in [0, 0.05) is 5.41 Å². The van der Waals surface area contributed by atoms with Gasteiger partial charge >= 0.3 is 0 Å². The van der Waals surface area contributed by atoms with E-state index in [0.29, 0.717) is 0 Å². The Morgan fingerprint density at radius 2 is 2.12 bits per heavy atom. The summed E-state index contributed by atoms with van der Waals surface area (Å²) in [6.07, 6.45) is 6.95. The van der Waals surface area contributed by atoms with Crippen LogP contribution in [-0.2, 0) is 4.79 Å². The molecule has 0 aromatic carbocycles. The Kier molecular flexibility index (Phi) is 2.04. The normalized spacial score (nSPS) is 56.6. The molecule has 94 valence electrons. The highest BCUT2D eigenvalue weighted by atomic mass is 16.3. The van der Waals surface area contributed by atoms with E-state index in [2.05, 4.69) is 26.8 Å². The summed E-state index contributed by atoms with van der Waals surface area (Å²) in [6.45, 7) is 6.90. The topological polar surface area (TPSA) is 37.3 Å². The quantitative estimate of drug-likeness (QED) is 0.708. The summed E-state index contributed by atoms with van der Waals surface area (Å²) in [4.78, 5) is 11.2. The molecule has 0 aromatic heterocycles. The minimum atomic E-state index is -0.249. The predicted octanol–water partition coefficient (Wildman–Crippen LogP) is 2.71. The van der Waals surface area contributed by atoms with Crippen molar-refractivity contribution in [1.29, 1.82) is 0 Å². The highest BCUT2D eigenvalue weighted by Gasteiger charge is 2.71. The van der Waals surface area contributed by atoms with Crippen molar-refractivity contribution in [3.05, 3.63) is 11.6 Å². The van der Waals surface area contributed by atoms with Crippen molar-refractivity contribution in [2.24, 2.45) is 22.2 Å². The number of aldehydes is 1. The van der Waals surface area contributed by atoms with E-state index in [1.807, 2.05) is 0 Å². The summed E-state index contributed by atoms with van der Waals surface area (Å²) in [5.74, 6) is 0.265. The monoisotopic (exact) mass is 234 g/mol. The molecule has 0 radical (unpaired) electrons. The number of hydrogen-bond acceptors (Lipinski definition) is 2. The summed E-state index contributed by atoms with van der Waals surface area (Å²) < 4.78 is 0. The Bertz CT molecular complexity index is 413. The highest BCUT2D eigenvalue weighted by Crippen LogP contribution is 2.75. The highest BCUT2D eigenvalue weighted by molar-refractivity contribution is 5.75. The van der Waals surface area contributed by atoms with Crippen molar-refractivity contribution in [3.63, 3.8) is 0 Å². The zero-order valence-electron chi connectivity index (χ0n) is 11.0. The molecule has 3 aliphatic carbocycles. The molecule has 0 aromatic rings. The van der Waals surface area contributed by atoms with Crippen LogP contribution in [0.2, 0.25) is 0 Å². The SMILES string of the molecule is C[C@@]12CC=C(C=O)[C@@H](C1)[C@]1(C)[C@@H](O)CC[C@]21C. The van der Waals surface area contributed by atoms with Crippen LogP contribution in [0.3, 0.4) is 0 Å². The maximum Gasteiger partial charge on any atom is 0.146 e. The lowest BCUT2D eigenvalue weighted by Crippen LogP contribution is -2.44. The first kappa shape index (κ1) is 11.5. The number of aliphatic hydroxyl groups is 1. The Hall–Kier alpha value is -0.630. The first-order valence-corrected chi connectivity index (χ1v) is 6.72. The third kappa shape index (κ3) is 1.00. The van der Waals surface area contributed by atoms with Crippen LogP contribution in [0, 0.1) is 22.2 Å². The smallest absolute Gasteiger partial charge is 0.146 e. The fraction of sp³-hybridized carbons (Fsp3) is 0.800. The molecule has 0 heterocycles. The first-order chi connectivity index (χ1) is 7.89. The van der Waals surface area contributed by atoms with E-state index in [4.69, 9.17) is 0 Å². The van der Waals surface area contributed by atoms with Gasteiger partial charge in [-0.1, -0.05) is 26.8 Å². The third-order valence-electron chi connectivity index (χ3n) is 6.84. The standard InChI is InChI=1S/C15H22O2/c1-13-6-4-10(9-16)11(8-13)15(3)12(17)5-7-14(13,15)2/h4,9,11-12,17H,5-8H2,1-3H3/t11-,12+,13-,14-,15-/m1/s1. The van der Waals surface area contributed by atoms with E-state index in [-0.39, 0.29) is 28.3 Å². The lowest BCUT2D eigenvalue weighted by atomic mass is 9.58. The summed E-state index contributed by atoms with van der Waals surface area (Å²) in [5, 5.41) is 10.5. The van der Waals surface area contributed by atoms with E-state index >= 15 is 0 Å². The van der Waals surface area contributed by atoms with Crippen LogP contribution in [0.5, 0.6) is 0 Å². The molecule has 2 saturated carbocycles. The average Bonchev–Trinajstić information content (AvgIpc) is 2.62. The molecular weight excluding hydrogens is 212 g/mol. The lowest BCUT2D eigenvalue weighted by molar-refractivity contribution is -0.106. The van der Waals surface area contributed by atoms with Gasteiger partial charge in [-0.2, -0.15) is 0 Å². The molecular formula is C15H22O2. The number of allylic oxidation sites excluding steroid dienone is 2. The van der Waals surface area contributed by atoms with Gasteiger partial charge in [-0.15, -0.1) is 0 Å². The maximum absolute atomic E-state index is 11.2. The Morgan fingerprint density at radius 3 is 2.76 bits per heavy atom. The number of aliphatic hydroxyl groups excluding tert-OH is 1. The van der Waals surface area contributed by atoms with Crippen molar-refractivity contribution >= 4 is 6.29 Å².